The number of halogens is 6. The van der Waals surface area contributed by atoms with Crippen LogP contribution in [0.1, 0.15) is 104 Å². The smallest absolute Gasteiger partial charge is 1.00 e. The van der Waals surface area contributed by atoms with Crippen molar-refractivity contribution in [1.29, 1.82) is 0 Å². The minimum atomic E-state index is -1.39. The van der Waals surface area contributed by atoms with Gasteiger partial charge in [0.1, 0.15) is 47.3 Å². The molecule has 9 aromatic carbocycles. The molecule has 768 valence electrons. The van der Waals surface area contributed by atoms with Crippen molar-refractivity contribution in [3.63, 3.8) is 0 Å². The zero-order valence-corrected chi connectivity index (χ0v) is 95.8. The number of nitrogens with two attached hydrogens (primary N) is 1. The second-order valence-electron chi connectivity index (χ2n) is 30.0. The topological polar surface area (TPSA) is 516 Å². The number of aromatic nitrogens is 6. The molecule has 3 amide bonds. The molecule has 3 heterocycles. The predicted molar refractivity (Wildman–Crippen MR) is 553 cm³/mol. The Morgan fingerprint density at radius 2 is 0.759 bits per heavy atom. The van der Waals surface area contributed by atoms with Gasteiger partial charge in [0.15, 0.2) is 42.3 Å². The number of hydrogen-bond acceptors (Lipinski definition) is 31. The molecule has 145 heavy (non-hydrogen) atoms. The van der Waals surface area contributed by atoms with E-state index in [1.54, 1.807) is 91.9 Å². The minimum absolute atomic E-state index is 0. The first-order chi connectivity index (χ1) is 67.3. The van der Waals surface area contributed by atoms with E-state index in [1.807, 2.05) is 93.6 Å². The van der Waals surface area contributed by atoms with Gasteiger partial charge in [-0.05, 0) is 225 Å². The van der Waals surface area contributed by atoms with Crippen LogP contribution in [0.4, 0.5) is 115 Å². The zero-order chi connectivity index (χ0) is 104. The van der Waals surface area contributed by atoms with Crippen LogP contribution in [0.3, 0.4) is 0 Å². The number of benzene rings is 9. The number of carbonyl (C=O) groups is 4. The molecule has 3 aromatic heterocycles. The molecule has 12 aromatic rings. The van der Waals surface area contributed by atoms with Gasteiger partial charge < -0.3 is 93.7 Å². The second-order valence-corrected chi connectivity index (χ2v) is 37.6. The first-order valence-corrected chi connectivity index (χ1v) is 47.5. The number of anilines is 14. The van der Waals surface area contributed by atoms with Gasteiger partial charge in [-0.3, -0.25) is 49.5 Å². The molecule has 46 heteroatoms. The number of nitrogens with one attached hydrogen (secondary N) is 8. The monoisotopic (exact) mass is 2300 g/mol. The zero-order valence-electron chi connectivity index (χ0n) is 81.7. The van der Waals surface area contributed by atoms with E-state index in [-0.39, 0.29) is 237 Å². The van der Waals surface area contributed by atoms with E-state index in [4.69, 9.17) is 67.3 Å². The number of aliphatic hydroxyl groups excluding tert-OH is 2. The van der Waals surface area contributed by atoms with Gasteiger partial charge >= 0.3 is 138 Å². The quantitative estimate of drug-likeness (QED) is 0.00166. The first-order valence-electron chi connectivity index (χ1n) is 43.1. The van der Waals surface area contributed by atoms with Gasteiger partial charge in [0.05, 0.1) is 66.4 Å². The molecular weight excluding hydrogens is 2190 g/mol. The van der Waals surface area contributed by atoms with E-state index in [2.05, 4.69) is 131 Å². The van der Waals surface area contributed by atoms with Gasteiger partial charge in [-0.25, -0.2) is 32.5 Å². The molecule has 12 rings (SSSR count). The number of nitrogens with zero attached hydrogens (tertiary/aromatic N) is 9. The summed E-state index contributed by atoms with van der Waals surface area (Å²) in [5.74, 6) is 0.484. The Kier molecular flexibility index (Phi) is 67.9. The van der Waals surface area contributed by atoms with Crippen LogP contribution in [-0.2, 0) is 24.1 Å². The Hall–Kier alpha value is -11.9. The van der Waals surface area contributed by atoms with Crippen LogP contribution in [0.25, 0.3) is 0 Å². The summed E-state index contributed by atoms with van der Waals surface area (Å²) >= 11 is 11.8. The summed E-state index contributed by atoms with van der Waals surface area (Å²) in [6, 6.07) is 58.4. The standard InChI is InChI=1S/C23H26FN5O3.C22H22FN5O2.C13H10ClFN4O.C9H11NO3.C9H13NO.C8H9NO4.C6H15ClSi.C6H4FNO2.CH2O3.2CH4.2Cs.H/c1-3-12-32-18-10-8-15(9-11-18)28-23-25-14-19(24)21(29-23)26-16-6-5-7-17(13-16)27-22(31)20(30)4-2;1-3-12-30-18-10-8-15(9-11-18)27-22-24-14-19(23)21(28-22)26-17-7-5-6-16(13-17)25-20(29)4-2;1-2-11(20)17-8-4-3-5-9(6-8)18-12-10(15)7-16-13(14)19-12;1-2-7-13-9-5-3-8(4-6-9)10(11)12;1-2-7-11-9-5-3-8(10)4-6-9;10-5-6-13-8-3-1-7(2-4-8)9(11)12;1-6(2,3)8(4,5)7;7-5-1-3-6(4-2-5)8(9)10;2-1-4-3;;;;;/h5-11,13-14,20,30H,3-4,12H2,1-2H3,(H,27,31)(H2,25,26,28,29);4-11,13-14H,2-3,12H2,1H3,(H,25,29)(H2,24,26,27,28);2-7H,1H2,(H,17,20)(H,16,18,19);3-6H,2,7H2,1H3;3-6H,2,7,10H2,1H3;1-4,10H,5-6H2;1-5H3;1-4H;1,3H;2*1H4;;;/q;;;;;;;;;;;2*+1;-1/p-1. The van der Waals surface area contributed by atoms with Crippen molar-refractivity contribution in [2.75, 3.05) is 87.9 Å². The maximum absolute atomic E-state index is 14.3. The molecule has 0 saturated carbocycles. The van der Waals surface area contributed by atoms with E-state index in [0.29, 0.717) is 76.9 Å². The van der Waals surface area contributed by atoms with Crippen LogP contribution >= 0.6 is 22.7 Å². The average Bonchev–Trinajstić information content (AvgIpc) is 0.824. The van der Waals surface area contributed by atoms with E-state index in [1.165, 1.54) is 42.5 Å². The van der Waals surface area contributed by atoms with Gasteiger partial charge in [0, 0.05) is 87.6 Å². The fourth-order valence-electron chi connectivity index (χ4n) is 9.72. The van der Waals surface area contributed by atoms with Crippen LogP contribution in [0.2, 0.25) is 23.4 Å². The summed E-state index contributed by atoms with van der Waals surface area (Å²) in [5.41, 5.74) is 10.9. The van der Waals surface area contributed by atoms with Gasteiger partial charge in [-0.2, -0.15) is 26.0 Å². The summed E-state index contributed by atoms with van der Waals surface area (Å²) in [6.45, 7) is 30.2. The minimum Gasteiger partial charge on any atom is -1.00 e. The van der Waals surface area contributed by atoms with Crippen LogP contribution in [0.5, 0.6) is 28.7 Å². The van der Waals surface area contributed by atoms with Gasteiger partial charge in [0.2, 0.25) is 29.0 Å². The summed E-state index contributed by atoms with van der Waals surface area (Å²) in [6.07, 6.45) is 8.49. The van der Waals surface area contributed by atoms with Crippen LogP contribution in [0, 0.1) is 53.6 Å². The molecule has 37 nitrogen and oxygen atoms in total. The number of nitro groups is 3. The van der Waals surface area contributed by atoms with Crippen molar-refractivity contribution >= 4 is 152 Å². The predicted octanol–water partition coefficient (Wildman–Crippen LogP) is 17.0. The molecule has 12 N–H and O–H groups in total. The number of ether oxygens (including phenoxy) is 5. The van der Waals surface area contributed by atoms with E-state index in [0.717, 1.165) is 116 Å². The molecule has 0 radical (unpaired) electrons. The third-order valence-corrected chi connectivity index (χ3v) is 23.2. The summed E-state index contributed by atoms with van der Waals surface area (Å²) in [4.78, 5) is 98.5. The summed E-state index contributed by atoms with van der Waals surface area (Å²) < 4.78 is 80.9. The van der Waals surface area contributed by atoms with Crippen LogP contribution < -0.4 is 215 Å². The maximum atomic E-state index is 14.3. The molecular formula is C99H120Cl2Cs2F4N18O19Si. The molecule has 0 saturated heterocycles. The molecule has 0 spiro atoms. The Morgan fingerprint density at radius 3 is 1.05 bits per heavy atom. The molecule has 0 bridgehead atoms. The summed E-state index contributed by atoms with van der Waals surface area (Å²) in [5, 5.41) is 79.8. The Morgan fingerprint density at radius 1 is 0.476 bits per heavy atom. The molecule has 0 aliphatic heterocycles. The fraction of sp³-hybridized carbons (Fsp3) is 0.253. The van der Waals surface area contributed by atoms with Crippen molar-refractivity contribution in [1.82, 2.24) is 29.9 Å². The van der Waals surface area contributed by atoms with E-state index < -0.39 is 57.4 Å². The van der Waals surface area contributed by atoms with Crippen molar-refractivity contribution in [2.24, 2.45) is 0 Å². The molecule has 1 unspecified atom stereocenters. The van der Waals surface area contributed by atoms with Gasteiger partial charge in [0.25, 0.3) is 29.4 Å². The van der Waals surface area contributed by atoms with E-state index in [9.17, 15) is 67.4 Å². The number of nitro benzene ring substituents is 3. The number of hydrogen-bond donors (Lipinski definition) is 11. The number of nitrogen functional groups attached to an aromatic ring is 1. The normalized spacial score (nSPS) is 10.0. The van der Waals surface area contributed by atoms with Gasteiger partial charge in [-0.1, -0.05) is 115 Å². The Balaban J connectivity index is 0. The summed E-state index contributed by atoms with van der Waals surface area (Å²) in [7, 11) is -1.39. The third kappa shape index (κ3) is 55.3. The average molecular weight is 2310 g/mol. The number of rotatable bonds is 36. The van der Waals surface area contributed by atoms with Crippen molar-refractivity contribution in [2.45, 2.75) is 127 Å². The molecule has 0 aliphatic rings. The number of aliphatic hydroxyl groups is 2. The van der Waals surface area contributed by atoms with Crippen molar-refractivity contribution in [3.8, 4) is 28.7 Å². The largest absolute Gasteiger partial charge is 1.00 e. The SMILES string of the molecule is C.C.C=CC(=O)Nc1cccc(Nc2nc(Cl)ncc2F)c1.C=CC(=O)Nc1cccc(Nc2nc(Nc3ccc(OCCC)cc3)ncc2F)c1.CC(C)(C)[Si](C)(C)Cl.CCCOc1ccc(N)cc1.CCCOc1ccc(Nc2ncc(F)c(Nc3cccc(NC(=O)C(O)CC)c3)n2)cc1.CCCOc1ccc([N+](=O)[O-])cc1.O=CO[O-].O=[N+]([O-])c1ccc(F)cc1.O=[N+]([O-])c1ccc(OCCO)cc1.[Cs+].[Cs+].[H-]. The van der Waals surface area contributed by atoms with E-state index >= 15 is 0 Å². The van der Waals surface area contributed by atoms with Crippen molar-refractivity contribution in [3.05, 3.63) is 321 Å². The molecule has 0 fully saturated rings. The molecule has 0 aliphatic carbocycles. The van der Waals surface area contributed by atoms with Crippen molar-refractivity contribution < 1.29 is 235 Å². The van der Waals surface area contributed by atoms with Gasteiger partial charge in [-0.15, -0.1) is 0 Å². The third-order valence-electron chi connectivity index (χ3n) is 17.7. The van der Waals surface area contributed by atoms with Crippen LogP contribution in [-0.4, -0.2) is 132 Å². The molecule has 1 atom stereocenters. The number of non-ortho nitro benzene ring substituents is 3. The number of carbonyl (C=O) groups excluding carboxylic acids is 4. The maximum Gasteiger partial charge on any atom is 1.00 e. The second kappa shape index (κ2) is 74.0. The number of amides is 3. The fourth-order valence-corrected chi connectivity index (χ4v) is 9.85. The van der Waals surface area contributed by atoms with Crippen LogP contribution in [0.15, 0.2) is 262 Å². The first kappa shape index (κ1) is 133. The Bertz CT molecular complexity index is 5820. The Labute approximate surface area is 969 Å².